The average Bonchev–Trinajstić information content (AvgIpc) is 2.35. The molecule has 0 amide bonds. The van der Waals surface area contributed by atoms with Crippen molar-refractivity contribution < 1.29 is 0 Å². The molecule has 1 heterocycles. The van der Waals surface area contributed by atoms with Crippen molar-refractivity contribution in [1.29, 1.82) is 0 Å². The molecular weight excluding hydrogens is 385 g/mol. The van der Waals surface area contributed by atoms with Crippen molar-refractivity contribution in [2.24, 2.45) is 5.92 Å². The van der Waals surface area contributed by atoms with Crippen LogP contribution in [0.5, 0.6) is 0 Å². The Hall–Kier alpha value is -0.880. The molecule has 5 heteroatoms. The summed E-state index contributed by atoms with van der Waals surface area (Å²) in [6, 6.07) is 7.74. The van der Waals surface area contributed by atoms with E-state index >= 15 is 0 Å². The lowest BCUT2D eigenvalue weighted by atomic mass is 10.1. The molecule has 2 N–H and O–H groups in total. The normalized spacial score (nSPS) is 11.1. The Kier molecular flexibility index (Phi) is 5.21. The predicted octanol–water partition coefficient (Wildman–Crippen LogP) is 4.11. The van der Waals surface area contributed by atoms with Crippen LogP contribution in [0.4, 0.5) is 5.82 Å². The molecule has 1 aromatic heterocycles. The van der Waals surface area contributed by atoms with Crippen LogP contribution < -0.4 is 5.73 Å². The zero-order valence-corrected chi connectivity index (χ0v) is 14.4. The number of halogens is 2. The van der Waals surface area contributed by atoms with E-state index in [1.54, 1.807) is 0 Å². The summed E-state index contributed by atoms with van der Waals surface area (Å²) < 4.78 is 0.964. The van der Waals surface area contributed by atoms with Gasteiger partial charge in [0, 0.05) is 11.4 Å². The van der Waals surface area contributed by atoms with Crippen LogP contribution in [0.1, 0.15) is 30.9 Å². The molecule has 0 unspecified atom stereocenters. The minimum Gasteiger partial charge on any atom is -0.383 e. The van der Waals surface area contributed by atoms with Gasteiger partial charge in [-0.25, -0.2) is 9.97 Å². The van der Waals surface area contributed by atoms with Crippen molar-refractivity contribution in [3.63, 3.8) is 0 Å². The third-order valence-electron chi connectivity index (χ3n) is 2.84. The quantitative estimate of drug-likeness (QED) is 0.785. The van der Waals surface area contributed by atoms with Crippen molar-refractivity contribution in [2.45, 2.75) is 26.7 Å². The molecule has 0 atom stereocenters. The summed E-state index contributed by atoms with van der Waals surface area (Å²) in [6.45, 7) is 4.34. The Bertz CT molecular complexity index is 614. The Balaban J connectivity index is 2.30. The Morgan fingerprint density at radius 2 is 2.05 bits per heavy atom. The highest BCUT2D eigenvalue weighted by atomic mass is 127. The molecule has 0 saturated heterocycles. The molecule has 0 radical (unpaired) electrons. The standard InChI is InChI=1S/C15H17ClIN3/c1-9(2)6-12-14(17)15(18)20-13(19-12)8-10-4-3-5-11(16)7-10/h3-5,7,9H,6,8H2,1-2H3,(H2,18,19,20). The fourth-order valence-corrected chi connectivity index (χ4v) is 2.67. The highest BCUT2D eigenvalue weighted by Crippen LogP contribution is 2.21. The van der Waals surface area contributed by atoms with Crippen molar-refractivity contribution in [3.8, 4) is 0 Å². The summed E-state index contributed by atoms with van der Waals surface area (Å²) in [7, 11) is 0. The summed E-state index contributed by atoms with van der Waals surface area (Å²) in [5.41, 5.74) is 8.12. The summed E-state index contributed by atoms with van der Waals surface area (Å²) >= 11 is 8.22. The molecule has 0 saturated carbocycles. The van der Waals surface area contributed by atoms with Crippen LogP contribution in [0.15, 0.2) is 24.3 Å². The minimum atomic E-state index is 0.539. The number of aromatic nitrogens is 2. The van der Waals surface area contributed by atoms with Crippen LogP contribution >= 0.6 is 34.2 Å². The highest BCUT2D eigenvalue weighted by molar-refractivity contribution is 14.1. The number of rotatable bonds is 4. The number of hydrogen-bond donors (Lipinski definition) is 1. The lowest BCUT2D eigenvalue weighted by Crippen LogP contribution is -2.10. The average molecular weight is 402 g/mol. The van der Waals surface area contributed by atoms with E-state index in [1.807, 2.05) is 24.3 Å². The summed E-state index contributed by atoms with van der Waals surface area (Å²) in [5, 5.41) is 0.725. The first-order valence-electron chi connectivity index (χ1n) is 6.51. The number of anilines is 1. The van der Waals surface area contributed by atoms with Crippen LogP contribution in [0.2, 0.25) is 5.02 Å². The molecule has 1 aromatic carbocycles. The first-order chi connectivity index (χ1) is 9.45. The monoisotopic (exact) mass is 401 g/mol. The van der Waals surface area contributed by atoms with E-state index in [9.17, 15) is 0 Å². The van der Waals surface area contributed by atoms with Crippen LogP contribution in [0.25, 0.3) is 0 Å². The maximum atomic E-state index is 6.00. The lowest BCUT2D eigenvalue weighted by molar-refractivity contribution is 0.629. The molecule has 20 heavy (non-hydrogen) atoms. The summed E-state index contributed by atoms with van der Waals surface area (Å²) in [5.74, 6) is 1.85. The van der Waals surface area contributed by atoms with Gasteiger partial charge >= 0.3 is 0 Å². The fraction of sp³-hybridized carbons (Fsp3) is 0.333. The topological polar surface area (TPSA) is 51.8 Å². The van der Waals surface area contributed by atoms with Gasteiger partial charge in [-0.1, -0.05) is 37.6 Å². The van der Waals surface area contributed by atoms with Gasteiger partial charge in [0.05, 0.1) is 9.26 Å². The van der Waals surface area contributed by atoms with Crippen LogP contribution in [-0.4, -0.2) is 9.97 Å². The van der Waals surface area contributed by atoms with Gasteiger partial charge in [-0.05, 0) is 52.6 Å². The largest absolute Gasteiger partial charge is 0.383 e. The second kappa shape index (κ2) is 6.72. The van der Waals surface area contributed by atoms with Gasteiger partial charge in [0.2, 0.25) is 0 Å². The van der Waals surface area contributed by atoms with Crippen LogP contribution in [0.3, 0.4) is 0 Å². The summed E-state index contributed by atoms with van der Waals surface area (Å²) in [4.78, 5) is 9.04. The Labute approximate surface area is 138 Å². The van der Waals surface area contributed by atoms with E-state index in [0.717, 1.165) is 32.1 Å². The fourth-order valence-electron chi connectivity index (χ4n) is 2.00. The Morgan fingerprint density at radius 1 is 1.30 bits per heavy atom. The van der Waals surface area contributed by atoms with Gasteiger partial charge in [-0.3, -0.25) is 0 Å². The molecule has 0 bridgehead atoms. The van der Waals surface area contributed by atoms with Gasteiger partial charge in [-0.15, -0.1) is 0 Å². The maximum Gasteiger partial charge on any atom is 0.140 e. The van der Waals surface area contributed by atoms with E-state index in [2.05, 4.69) is 46.4 Å². The molecule has 0 aliphatic rings. The first kappa shape index (κ1) is 15.5. The molecule has 0 aliphatic carbocycles. The van der Waals surface area contributed by atoms with Crippen molar-refractivity contribution >= 4 is 40.0 Å². The maximum absolute atomic E-state index is 6.00. The smallest absolute Gasteiger partial charge is 0.140 e. The SMILES string of the molecule is CC(C)Cc1nc(Cc2cccc(Cl)c2)nc(N)c1I. The number of nitrogen functional groups attached to an aromatic ring is 1. The minimum absolute atomic E-state index is 0.539. The number of hydrogen-bond acceptors (Lipinski definition) is 3. The van der Waals surface area contributed by atoms with Crippen molar-refractivity contribution in [1.82, 2.24) is 9.97 Å². The molecule has 2 rings (SSSR count). The number of nitrogens with two attached hydrogens (primary N) is 1. The van der Waals surface area contributed by atoms with Crippen LogP contribution in [-0.2, 0) is 12.8 Å². The van der Waals surface area contributed by atoms with E-state index < -0.39 is 0 Å². The van der Waals surface area contributed by atoms with Crippen LogP contribution in [0, 0.1) is 9.49 Å². The second-order valence-electron chi connectivity index (χ2n) is 5.19. The molecular formula is C15H17ClIN3. The number of benzene rings is 1. The van der Waals surface area contributed by atoms with Crippen molar-refractivity contribution in [2.75, 3.05) is 5.73 Å². The summed E-state index contributed by atoms with van der Waals surface area (Å²) in [6.07, 6.45) is 1.56. The van der Waals surface area contributed by atoms with E-state index in [1.165, 1.54) is 0 Å². The van der Waals surface area contributed by atoms with E-state index in [0.29, 0.717) is 18.2 Å². The second-order valence-corrected chi connectivity index (χ2v) is 6.71. The molecule has 0 aliphatic heterocycles. The third-order valence-corrected chi connectivity index (χ3v) is 4.25. The van der Waals surface area contributed by atoms with Gasteiger partial charge < -0.3 is 5.73 Å². The van der Waals surface area contributed by atoms with Gasteiger partial charge in [-0.2, -0.15) is 0 Å². The zero-order chi connectivity index (χ0) is 14.7. The lowest BCUT2D eigenvalue weighted by Gasteiger charge is -2.11. The highest BCUT2D eigenvalue weighted by Gasteiger charge is 2.12. The van der Waals surface area contributed by atoms with Gasteiger partial charge in [0.25, 0.3) is 0 Å². The molecule has 0 fully saturated rings. The number of nitrogens with zero attached hydrogens (tertiary/aromatic N) is 2. The molecule has 106 valence electrons. The van der Waals surface area contributed by atoms with Gasteiger partial charge in [0.1, 0.15) is 11.6 Å². The Morgan fingerprint density at radius 3 is 2.70 bits per heavy atom. The zero-order valence-electron chi connectivity index (χ0n) is 11.5. The molecule has 2 aromatic rings. The van der Waals surface area contributed by atoms with E-state index in [-0.39, 0.29) is 0 Å². The molecule has 0 spiro atoms. The van der Waals surface area contributed by atoms with E-state index in [4.69, 9.17) is 17.3 Å². The predicted molar refractivity (Wildman–Crippen MR) is 92.0 cm³/mol. The van der Waals surface area contributed by atoms with Crippen molar-refractivity contribution in [3.05, 3.63) is 49.9 Å². The van der Waals surface area contributed by atoms with Gasteiger partial charge in [0.15, 0.2) is 0 Å². The molecule has 3 nitrogen and oxygen atoms in total. The third kappa shape index (κ3) is 4.06. The first-order valence-corrected chi connectivity index (χ1v) is 7.96.